The molecule has 136 valence electrons. The third kappa shape index (κ3) is 7.80. The van der Waals surface area contributed by atoms with Gasteiger partial charge in [0.05, 0.1) is 0 Å². The summed E-state index contributed by atoms with van der Waals surface area (Å²) in [5.74, 6) is -0.0761. The number of carbonyl (C=O) groups excluding carboxylic acids is 2. The van der Waals surface area contributed by atoms with E-state index < -0.39 is 5.97 Å². The molecule has 2 aromatic rings. The van der Waals surface area contributed by atoms with Crippen LogP contribution in [0.5, 0.6) is 0 Å². The van der Waals surface area contributed by atoms with Crippen molar-refractivity contribution in [2.24, 2.45) is 0 Å². The predicted octanol–water partition coefficient (Wildman–Crippen LogP) is 3.87. The van der Waals surface area contributed by atoms with Crippen LogP contribution in [0.25, 0.3) is 6.08 Å². The molecule has 0 heterocycles. The van der Waals surface area contributed by atoms with Gasteiger partial charge in [-0.2, -0.15) is 0 Å². The maximum Gasteiger partial charge on any atom is 0.331 e. The number of esters is 1. The third-order valence-electron chi connectivity index (χ3n) is 3.31. The second-order valence-electron chi connectivity index (χ2n) is 5.23. The Labute approximate surface area is 162 Å². The fourth-order valence-electron chi connectivity index (χ4n) is 1.99. The van der Waals surface area contributed by atoms with Crippen molar-refractivity contribution >= 4 is 41.5 Å². The molecule has 0 saturated heterocycles. The highest BCUT2D eigenvalue weighted by atomic mass is 32.2. The normalized spacial score (nSPS) is 10.7. The Bertz CT molecular complexity index is 730. The van der Waals surface area contributed by atoms with Gasteiger partial charge in [0.1, 0.15) is 0 Å². The molecule has 0 aromatic heterocycles. The first-order valence-corrected chi connectivity index (χ1v) is 10.3. The Morgan fingerprint density at radius 1 is 1.04 bits per heavy atom. The number of carbonyl (C=O) groups is 2. The lowest BCUT2D eigenvalue weighted by Crippen LogP contribution is -2.30. The summed E-state index contributed by atoms with van der Waals surface area (Å²) in [4.78, 5) is 25.7. The van der Waals surface area contributed by atoms with Crippen LogP contribution >= 0.6 is 23.5 Å². The van der Waals surface area contributed by atoms with Crippen LogP contribution in [0.15, 0.2) is 70.5 Å². The van der Waals surface area contributed by atoms with Crippen molar-refractivity contribution in [3.05, 3.63) is 66.2 Å². The standard InChI is InChI=1S/C20H21NO3S2/c1-25-17-10-7-16(8-11-17)9-12-20(23)24-15-19(22)21-13-14-26-18-5-3-2-4-6-18/h2-12H,13-15H2,1H3,(H,21,22)/b12-9+. The number of benzene rings is 2. The summed E-state index contributed by atoms with van der Waals surface area (Å²) in [6, 6.07) is 17.8. The van der Waals surface area contributed by atoms with Crippen LogP contribution in [0.1, 0.15) is 5.56 Å². The monoisotopic (exact) mass is 387 g/mol. The summed E-state index contributed by atoms with van der Waals surface area (Å²) in [6.07, 6.45) is 5.00. The molecule has 0 fully saturated rings. The molecule has 0 radical (unpaired) electrons. The third-order valence-corrected chi connectivity index (χ3v) is 5.07. The van der Waals surface area contributed by atoms with Crippen LogP contribution in [0.2, 0.25) is 0 Å². The van der Waals surface area contributed by atoms with Crippen LogP contribution in [-0.2, 0) is 14.3 Å². The summed E-state index contributed by atoms with van der Waals surface area (Å²) >= 11 is 3.32. The minimum Gasteiger partial charge on any atom is -0.452 e. The van der Waals surface area contributed by atoms with E-state index in [4.69, 9.17) is 4.74 Å². The maximum atomic E-state index is 11.7. The summed E-state index contributed by atoms with van der Waals surface area (Å²) < 4.78 is 4.94. The van der Waals surface area contributed by atoms with E-state index in [2.05, 4.69) is 5.32 Å². The minimum atomic E-state index is -0.534. The Balaban J connectivity index is 1.61. The van der Waals surface area contributed by atoms with E-state index in [1.807, 2.05) is 60.9 Å². The van der Waals surface area contributed by atoms with Gasteiger partial charge >= 0.3 is 5.97 Å². The van der Waals surface area contributed by atoms with Crippen molar-refractivity contribution < 1.29 is 14.3 Å². The molecule has 6 heteroatoms. The zero-order valence-electron chi connectivity index (χ0n) is 14.5. The quantitative estimate of drug-likeness (QED) is 0.306. The molecule has 0 atom stereocenters. The Morgan fingerprint density at radius 3 is 2.46 bits per heavy atom. The van der Waals surface area contributed by atoms with E-state index in [1.54, 1.807) is 29.6 Å². The number of thioether (sulfide) groups is 2. The summed E-state index contributed by atoms with van der Waals surface area (Å²) in [5, 5.41) is 2.73. The van der Waals surface area contributed by atoms with Gasteiger partial charge < -0.3 is 10.1 Å². The molecule has 0 bridgehead atoms. The van der Waals surface area contributed by atoms with E-state index in [1.165, 1.54) is 6.08 Å². The second-order valence-corrected chi connectivity index (χ2v) is 7.27. The zero-order chi connectivity index (χ0) is 18.6. The van der Waals surface area contributed by atoms with Crippen molar-refractivity contribution in [2.75, 3.05) is 25.2 Å². The molecule has 2 aromatic carbocycles. The van der Waals surface area contributed by atoms with Gasteiger partial charge in [-0.05, 0) is 42.2 Å². The number of rotatable bonds is 9. The van der Waals surface area contributed by atoms with Gasteiger partial charge in [0.25, 0.3) is 5.91 Å². The number of amides is 1. The maximum absolute atomic E-state index is 11.7. The highest BCUT2D eigenvalue weighted by Gasteiger charge is 2.04. The fourth-order valence-corrected chi connectivity index (χ4v) is 3.19. The molecular weight excluding hydrogens is 366 g/mol. The van der Waals surface area contributed by atoms with Crippen LogP contribution in [-0.4, -0.2) is 37.0 Å². The van der Waals surface area contributed by atoms with Gasteiger partial charge in [-0.25, -0.2) is 4.79 Å². The van der Waals surface area contributed by atoms with Gasteiger partial charge in [-0.1, -0.05) is 30.3 Å². The lowest BCUT2D eigenvalue weighted by Gasteiger charge is -2.05. The van der Waals surface area contributed by atoms with Crippen LogP contribution < -0.4 is 5.32 Å². The van der Waals surface area contributed by atoms with Crippen molar-refractivity contribution in [1.29, 1.82) is 0 Å². The largest absolute Gasteiger partial charge is 0.452 e. The Hall–Kier alpha value is -2.18. The van der Waals surface area contributed by atoms with E-state index >= 15 is 0 Å². The molecule has 26 heavy (non-hydrogen) atoms. The minimum absolute atomic E-state index is 0.273. The van der Waals surface area contributed by atoms with Crippen molar-refractivity contribution in [2.45, 2.75) is 9.79 Å². The SMILES string of the molecule is CSc1ccc(/C=C/C(=O)OCC(=O)NCCSc2ccccc2)cc1. The average Bonchev–Trinajstić information content (AvgIpc) is 2.69. The van der Waals surface area contributed by atoms with Crippen molar-refractivity contribution in [3.8, 4) is 0 Å². The summed E-state index contributed by atoms with van der Waals surface area (Å²) in [5.41, 5.74) is 0.905. The first-order valence-electron chi connectivity index (χ1n) is 8.11. The highest BCUT2D eigenvalue weighted by Crippen LogP contribution is 2.16. The van der Waals surface area contributed by atoms with Crippen LogP contribution in [0.3, 0.4) is 0 Å². The number of ether oxygens (including phenoxy) is 1. The first-order chi connectivity index (χ1) is 12.7. The first kappa shape index (κ1) is 20.1. The van der Waals surface area contributed by atoms with Gasteiger partial charge in [0, 0.05) is 28.2 Å². The summed E-state index contributed by atoms with van der Waals surface area (Å²) in [7, 11) is 0. The van der Waals surface area contributed by atoms with Crippen molar-refractivity contribution in [3.63, 3.8) is 0 Å². The molecule has 0 unspecified atom stereocenters. The topological polar surface area (TPSA) is 55.4 Å². The highest BCUT2D eigenvalue weighted by molar-refractivity contribution is 7.99. The Kier molecular flexibility index (Phi) is 8.86. The molecule has 0 saturated carbocycles. The lowest BCUT2D eigenvalue weighted by molar-refractivity contribution is -0.143. The number of hydrogen-bond donors (Lipinski definition) is 1. The lowest BCUT2D eigenvalue weighted by atomic mass is 10.2. The van der Waals surface area contributed by atoms with Crippen molar-refractivity contribution in [1.82, 2.24) is 5.32 Å². The molecule has 2 rings (SSSR count). The van der Waals surface area contributed by atoms with Crippen LogP contribution in [0.4, 0.5) is 0 Å². The molecule has 1 amide bonds. The van der Waals surface area contributed by atoms with Gasteiger partial charge in [0.15, 0.2) is 6.61 Å². The number of hydrogen-bond acceptors (Lipinski definition) is 5. The van der Waals surface area contributed by atoms with E-state index in [9.17, 15) is 9.59 Å². The zero-order valence-corrected chi connectivity index (χ0v) is 16.1. The smallest absolute Gasteiger partial charge is 0.331 e. The molecule has 0 aliphatic carbocycles. The molecular formula is C20H21NO3S2. The fraction of sp³-hybridized carbons (Fsp3) is 0.200. The second kappa shape index (κ2) is 11.4. The van der Waals surface area contributed by atoms with Gasteiger partial charge in [-0.3, -0.25) is 4.79 Å². The molecule has 4 nitrogen and oxygen atoms in total. The number of nitrogens with one attached hydrogen (secondary N) is 1. The predicted molar refractivity (Wildman–Crippen MR) is 108 cm³/mol. The van der Waals surface area contributed by atoms with Gasteiger partial charge in [-0.15, -0.1) is 23.5 Å². The molecule has 0 spiro atoms. The van der Waals surface area contributed by atoms with E-state index in [0.29, 0.717) is 6.54 Å². The van der Waals surface area contributed by atoms with E-state index in [-0.39, 0.29) is 12.5 Å². The average molecular weight is 388 g/mol. The summed E-state index contributed by atoms with van der Waals surface area (Å²) in [6.45, 7) is 0.248. The van der Waals surface area contributed by atoms with Gasteiger partial charge in [0.2, 0.25) is 0 Å². The molecule has 0 aliphatic heterocycles. The Morgan fingerprint density at radius 2 is 1.77 bits per heavy atom. The molecule has 1 N–H and O–H groups in total. The van der Waals surface area contributed by atoms with E-state index in [0.717, 1.165) is 21.1 Å². The molecule has 0 aliphatic rings. The van der Waals surface area contributed by atoms with Crippen LogP contribution in [0, 0.1) is 0 Å².